The minimum absolute atomic E-state index is 0.108. The van der Waals surface area contributed by atoms with Crippen LogP contribution in [0.2, 0.25) is 5.02 Å². The Hall–Kier alpha value is -2.05. The van der Waals surface area contributed by atoms with Crippen LogP contribution in [0.3, 0.4) is 0 Å². The van der Waals surface area contributed by atoms with Crippen molar-refractivity contribution in [1.29, 1.82) is 0 Å². The maximum atomic E-state index is 12.8. The van der Waals surface area contributed by atoms with E-state index in [0.29, 0.717) is 16.3 Å². The van der Waals surface area contributed by atoms with Crippen molar-refractivity contribution in [3.8, 4) is 0 Å². The Morgan fingerprint density at radius 1 is 1.17 bits per heavy atom. The number of sulfonamides is 1. The first-order valence-corrected chi connectivity index (χ1v) is 9.77. The molecule has 0 radical (unpaired) electrons. The highest BCUT2D eigenvalue weighted by Gasteiger charge is 2.34. The highest BCUT2D eigenvalue weighted by molar-refractivity contribution is 7.92. The minimum atomic E-state index is -3.32. The van der Waals surface area contributed by atoms with E-state index in [4.69, 9.17) is 11.6 Å². The standard InChI is InChI=1S/C17H17ClN2O3S/c1-24(22,23)19-14-5-7-15(8-6-14)20(16-9-10-16)17(21)12-3-2-4-13(18)11-12/h2-8,11,16,19H,9-10H2,1H3. The lowest BCUT2D eigenvalue weighted by atomic mass is 10.1. The van der Waals surface area contributed by atoms with Crippen LogP contribution in [-0.2, 0) is 10.0 Å². The van der Waals surface area contributed by atoms with Crippen LogP contribution in [0.4, 0.5) is 11.4 Å². The van der Waals surface area contributed by atoms with Gasteiger partial charge in [0.15, 0.2) is 0 Å². The normalized spacial score (nSPS) is 14.2. The fourth-order valence-electron chi connectivity index (χ4n) is 2.49. The van der Waals surface area contributed by atoms with Crippen LogP contribution >= 0.6 is 11.6 Å². The number of carbonyl (C=O) groups is 1. The van der Waals surface area contributed by atoms with Crippen molar-refractivity contribution in [2.24, 2.45) is 0 Å². The van der Waals surface area contributed by atoms with Crippen molar-refractivity contribution in [2.75, 3.05) is 15.9 Å². The van der Waals surface area contributed by atoms with E-state index < -0.39 is 10.0 Å². The number of halogens is 1. The van der Waals surface area contributed by atoms with Gasteiger partial charge in [-0.05, 0) is 55.3 Å². The Morgan fingerprint density at radius 2 is 1.83 bits per heavy atom. The Morgan fingerprint density at radius 3 is 2.38 bits per heavy atom. The summed E-state index contributed by atoms with van der Waals surface area (Å²) in [7, 11) is -3.32. The van der Waals surface area contributed by atoms with Gasteiger partial charge < -0.3 is 4.90 Å². The molecule has 0 spiro atoms. The van der Waals surface area contributed by atoms with Crippen LogP contribution in [0.1, 0.15) is 23.2 Å². The molecule has 2 aromatic rings. The van der Waals surface area contributed by atoms with Crippen molar-refractivity contribution in [1.82, 2.24) is 0 Å². The number of hydrogen-bond acceptors (Lipinski definition) is 3. The van der Waals surface area contributed by atoms with Gasteiger partial charge in [-0.1, -0.05) is 17.7 Å². The lowest BCUT2D eigenvalue weighted by Gasteiger charge is -2.23. The third kappa shape index (κ3) is 4.07. The highest BCUT2D eigenvalue weighted by Crippen LogP contribution is 2.34. The number of anilines is 2. The molecule has 1 aliphatic carbocycles. The Kier molecular flexibility index (Phi) is 4.51. The summed E-state index contributed by atoms with van der Waals surface area (Å²) in [5.41, 5.74) is 1.74. The van der Waals surface area contributed by atoms with Gasteiger partial charge in [-0.15, -0.1) is 0 Å². The van der Waals surface area contributed by atoms with Gasteiger partial charge in [-0.2, -0.15) is 0 Å². The molecule has 0 atom stereocenters. The predicted molar refractivity (Wildman–Crippen MR) is 96.2 cm³/mol. The summed E-state index contributed by atoms with van der Waals surface area (Å²) in [6, 6.07) is 13.8. The molecule has 3 rings (SSSR count). The molecule has 1 N–H and O–H groups in total. The third-order valence-corrected chi connectivity index (χ3v) is 4.49. The topological polar surface area (TPSA) is 66.5 Å². The zero-order valence-corrected chi connectivity index (χ0v) is 14.6. The Balaban J connectivity index is 1.87. The molecular weight excluding hydrogens is 348 g/mol. The lowest BCUT2D eigenvalue weighted by molar-refractivity contribution is 0.0985. The first-order valence-electron chi connectivity index (χ1n) is 7.50. The molecule has 24 heavy (non-hydrogen) atoms. The molecule has 1 amide bonds. The van der Waals surface area contributed by atoms with Gasteiger partial charge in [-0.3, -0.25) is 9.52 Å². The highest BCUT2D eigenvalue weighted by atomic mass is 35.5. The zero-order chi connectivity index (χ0) is 17.3. The van der Waals surface area contributed by atoms with Crippen LogP contribution < -0.4 is 9.62 Å². The molecule has 1 saturated carbocycles. The van der Waals surface area contributed by atoms with E-state index in [1.165, 1.54) is 0 Å². The predicted octanol–water partition coefficient (Wildman–Crippen LogP) is 3.52. The maximum Gasteiger partial charge on any atom is 0.258 e. The van der Waals surface area contributed by atoms with E-state index in [-0.39, 0.29) is 11.9 Å². The Bertz CT molecular complexity index is 862. The molecule has 0 aliphatic heterocycles. The van der Waals surface area contributed by atoms with Crippen molar-refractivity contribution >= 4 is 38.9 Å². The number of amides is 1. The lowest BCUT2D eigenvalue weighted by Crippen LogP contribution is -2.33. The van der Waals surface area contributed by atoms with Gasteiger partial charge in [0.2, 0.25) is 10.0 Å². The van der Waals surface area contributed by atoms with Crippen molar-refractivity contribution in [2.45, 2.75) is 18.9 Å². The van der Waals surface area contributed by atoms with E-state index in [1.54, 1.807) is 53.4 Å². The maximum absolute atomic E-state index is 12.8. The number of carbonyl (C=O) groups excluding carboxylic acids is 1. The van der Waals surface area contributed by atoms with Gasteiger partial charge in [0.05, 0.1) is 6.26 Å². The average Bonchev–Trinajstić information content (AvgIpc) is 3.32. The van der Waals surface area contributed by atoms with Crippen LogP contribution in [0, 0.1) is 0 Å². The summed E-state index contributed by atoms with van der Waals surface area (Å²) in [6.45, 7) is 0. The molecule has 1 fully saturated rings. The van der Waals surface area contributed by atoms with E-state index in [0.717, 1.165) is 24.8 Å². The number of nitrogens with zero attached hydrogens (tertiary/aromatic N) is 1. The molecule has 5 nitrogen and oxygen atoms in total. The average molecular weight is 365 g/mol. The van der Waals surface area contributed by atoms with E-state index in [9.17, 15) is 13.2 Å². The zero-order valence-electron chi connectivity index (χ0n) is 13.1. The van der Waals surface area contributed by atoms with Crippen LogP contribution in [-0.4, -0.2) is 26.6 Å². The summed E-state index contributed by atoms with van der Waals surface area (Å²) in [4.78, 5) is 14.6. The molecular formula is C17H17ClN2O3S. The number of benzene rings is 2. The summed E-state index contributed by atoms with van der Waals surface area (Å²) >= 11 is 5.98. The number of rotatable bonds is 5. The smallest absolute Gasteiger partial charge is 0.258 e. The molecule has 0 heterocycles. The van der Waals surface area contributed by atoms with Crippen LogP contribution in [0.25, 0.3) is 0 Å². The van der Waals surface area contributed by atoms with Gasteiger partial charge >= 0.3 is 0 Å². The second-order valence-electron chi connectivity index (χ2n) is 5.84. The van der Waals surface area contributed by atoms with E-state index in [1.807, 2.05) is 0 Å². The second-order valence-corrected chi connectivity index (χ2v) is 8.02. The summed E-state index contributed by atoms with van der Waals surface area (Å²) in [5, 5.41) is 0.518. The summed E-state index contributed by atoms with van der Waals surface area (Å²) < 4.78 is 25.0. The molecule has 126 valence electrons. The van der Waals surface area contributed by atoms with E-state index in [2.05, 4.69) is 4.72 Å². The van der Waals surface area contributed by atoms with Gasteiger partial charge in [-0.25, -0.2) is 8.42 Å². The fraction of sp³-hybridized carbons (Fsp3) is 0.235. The summed E-state index contributed by atoms with van der Waals surface area (Å²) in [6.07, 6.45) is 3.01. The summed E-state index contributed by atoms with van der Waals surface area (Å²) in [5.74, 6) is -0.108. The van der Waals surface area contributed by atoms with Crippen LogP contribution in [0.5, 0.6) is 0 Å². The van der Waals surface area contributed by atoms with Crippen molar-refractivity contribution in [3.63, 3.8) is 0 Å². The van der Waals surface area contributed by atoms with Gasteiger partial charge in [0, 0.05) is 28.0 Å². The second kappa shape index (κ2) is 6.45. The Labute approximate surface area is 146 Å². The molecule has 0 unspecified atom stereocenters. The van der Waals surface area contributed by atoms with Crippen LogP contribution in [0.15, 0.2) is 48.5 Å². The third-order valence-electron chi connectivity index (χ3n) is 3.65. The number of hydrogen-bond donors (Lipinski definition) is 1. The quantitative estimate of drug-likeness (QED) is 0.882. The largest absolute Gasteiger partial charge is 0.305 e. The molecule has 1 aliphatic rings. The first kappa shape index (κ1) is 16.8. The number of nitrogens with one attached hydrogen (secondary N) is 1. The fourth-order valence-corrected chi connectivity index (χ4v) is 3.25. The van der Waals surface area contributed by atoms with Crippen molar-refractivity contribution < 1.29 is 13.2 Å². The van der Waals surface area contributed by atoms with Crippen molar-refractivity contribution in [3.05, 3.63) is 59.1 Å². The molecule has 0 saturated heterocycles. The first-order chi connectivity index (χ1) is 11.3. The SMILES string of the molecule is CS(=O)(=O)Nc1ccc(N(C(=O)c2cccc(Cl)c2)C2CC2)cc1. The monoisotopic (exact) mass is 364 g/mol. The molecule has 0 bridgehead atoms. The molecule has 2 aromatic carbocycles. The van der Waals surface area contributed by atoms with E-state index >= 15 is 0 Å². The van der Waals surface area contributed by atoms with Gasteiger partial charge in [0.25, 0.3) is 5.91 Å². The molecule has 0 aromatic heterocycles. The van der Waals surface area contributed by atoms with Gasteiger partial charge in [0.1, 0.15) is 0 Å². The molecule has 7 heteroatoms. The minimum Gasteiger partial charge on any atom is -0.305 e.